The standard InChI is InChI=1S/C22H20N4O2/c23-19-12-6-13-24-20(19)25(16-8-2-1-3-9-16)14-7-15-26-21(27)17-10-4-5-11-18(17)22(26)28/h1-6,8-13H,7,14-15,23H2. The van der Waals surface area contributed by atoms with Crippen molar-refractivity contribution in [2.24, 2.45) is 0 Å². The van der Waals surface area contributed by atoms with Crippen molar-refractivity contribution in [3.05, 3.63) is 84.1 Å². The molecule has 0 saturated carbocycles. The van der Waals surface area contributed by atoms with E-state index in [0.717, 1.165) is 5.69 Å². The predicted octanol–water partition coefficient (Wildman–Crippen LogP) is 3.49. The number of carbonyl (C=O) groups is 2. The molecule has 0 unspecified atom stereocenters. The van der Waals surface area contributed by atoms with E-state index in [4.69, 9.17) is 5.73 Å². The molecule has 0 bridgehead atoms. The van der Waals surface area contributed by atoms with E-state index in [1.807, 2.05) is 41.3 Å². The molecule has 2 aromatic carbocycles. The lowest BCUT2D eigenvalue weighted by atomic mass is 10.1. The molecule has 1 aromatic heterocycles. The Morgan fingerprint density at radius 3 is 2.14 bits per heavy atom. The Morgan fingerprint density at radius 2 is 1.50 bits per heavy atom. The maximum absolute atomic E-state index is 12.5. The van der Waals surface area contributed by atoms with Gasteiger partial charge in [0.2, 0.25) is 0 Å². The number of anilines is 3. The number of nitrogen functional groups attached to an aromatic ring is 1. The number of carbonyl (C=O) groups excluding carboxylic acids is 2. The summed E-state index contributed by atoms with van der Waals surface area (Å²) in [6.07, 6.45) is 2.29. The van der Waals surface area contributed by atoms with Gasteiger partial charge in [0.15, 0.2) is 5.82 Å². The highest BCUT2D eigenvalue weighted by Crippen LogP contribution is 2.28. The van der Waals surface area contributed by atoms with E-state index >= 15 is 0 Å². The monoisotopic (exact) mass is 372 g/mol. The molecule has 1 aliphatic heterocycles. The summed E-state index contributed by atoms with van der Waals surface area (Å²) in [4.78, 5) is 32.8. The van der Waals surface area contributed by atoms with Gasteiger partial charge in [0.05, 0.1) is 16.8 Å². The number of hydrogen-bond acceptors (Lipinski definition) is 5. The summed E-state index contributed by atoms with van der Waals surface area (Å²) >= 11 is 0. The topological polar surface area (TPSA) is 79.5 Å². The molecule has 140 valence electrons. The molecule has 0 aliphatic carbocycles. The Morgan fingerprint density at radius 1 is 0.857 bits per heavy atom. The lowest BCUT2D eigenvalue weighted by Crippen LogP contribution is -2.33. The first-order chi connectivity index (χ1) is 13.7. The molecule has 6 nitrogen and oxygen atoms in total. The van der Waals surface area contributed by atoms with Crippen molar-refractivity contribution in [1.29, 1.82) is 0 Å². The first-order valence-electron chi connectivity index (χ1n) is 9.15. The van der Waals surface area contributed by atoms with Gasteiger partial charge in [-0.15, -0.1) is 0 Å². The first-order valence-corrected chi connectivity index (χ1v) is 9.15. The second-order valence-corrected chi connectivity index (χ2v) is 6.56. The maximum atomic E-state index is 12.5. The number of hydrogen-bond donors (Lipinski definition) is 1. The number of nitrogens with zero attached hydrogens (tertiary/aromatic N) is 3. The van der Waals surface area contributed by atoms with E-state index < -0.39 is 0 Å². The van der Waals surface area contributed by atoms with E-state index in [-0.39, 0.29) is 11.8 Å². The van der Waals surface area contributed by atoms with Gasteiger partial charge in [-0.05, 0) is 42.8 Å². The molecule has 3 aromatic rings. The van der Waals surface area contributed by atoms with Crippen LogP contribution in [-0.2, 0) is 0 Å². The van der Waals surface area contributed by atoms with Crippen LogP contribution in [0.25, 0.3) is 0 Å². The summed E-state index contributed by atoms with van der Waals surface area (Å²) in [7, 11) is 0. The quantitative estimate of drug-likeness (QED) is 0.670. The molecule has 0 fully saturated rings. The summed E-state index contributed by atoms with van der Waals surface area (Å²) in [6.45, 7) is 0.904. The van der Waals surface area contributed by atoms with Gasteiger partial charge in [0, 0.05) is 25.0 Å². The van der Waals surface area contributed by atoms with Crippen LogP contribution in [0.15, 0.2) is 72.9 Å². The van der Waals surface area contributed by atoms with E-state index in [0.29, 0.717) is 42.1 Å². The summed E-state index contributed by atoms with van der Waals surface area (Å²) in [5, 5.41) is 0. The SMILES string of the molecule is Nc1cccnc1N(CCCN1C(=O)c2ccccc2C1=O)c1ccccc1. The van der Waals surface area contributed by atoms with Gasteiger partial charge < -0.3 is 10.6 Å². The minimum atomic E-state index is -0.232. The molecule has 2 heterocycles. The number of para-hydroxylation sites is 1. The van der Waals surface area contributed by atoms with Gasteiger partial charge in [-0.2, -0.15) is 0 Å². The lowest BCUT2D eigenvalue weighted by Gasteiger charge is -2.26. The molecular weight excluding hydrogens is 352 g/mol. The average Bonchev–Trinajstić information content (AvgIpc) is 2.98. The third-order valence-electron chi connectivity index (χ3n) is 4.78. The van der Waals surface area contributed by atoms with Crippen molar-refractivity contribution in [1.82, 2.24) is 9.88 Å². The summed E-state index contributed by atoms with van der Waals surface area (Å²) in [5.74, 6) is 0.199. The number of amides is 2. The molecule has 0 saturated heterocycles. The highest BCUT2D eigenvalue weighted by Gasteiger charge is 2.34. The van der Waals surface area contributed by atoms with Crippen LogP contribution in [0.3, 0.4) is 0 Å². The number of imide groups is 1. The molecule has 1 aliphatic rings. The summed E-state index contributed by atoms with van der Waals surface area (Å²) in [6, 6.07) is 20.3. The Balaban J connectivity index is 1.51. The number of rotatable bonds is 6. The molecule has 4 rings (SSSR count). The third kappa shape index (κ3) is 3.20. The Hall–Kier alpha value is -3.67. The summed E-state index contributed by atoms with van der Waals surface area (Å²) < 4.78 is 0. The van der Waals surface area contributed by atoms with Crippen LogP contribution in [-0.4, -0.2) is 34.8 Å². The molecule has 0 spiro atoms. The second kappa shape index (κ2) is 7.52. The van der Waals surface area contributed by atoms with Gasteiger partial charge in [-0.3, -0.25) is 14.5 Å². The lowest BCUT2D eigenvalue weighted by molar-refractivity contribution is 0.0653. The minimum Gasteiger partial charge on any atom is -0.396 e. The first kappa shape index (κ1) is 17.7. The average molecular weight is 372 g/mol. The molecule has 2 N–H and O–H groups in total. The van der Waals surface area contributed by atoms with Gasteiger partial charge in [0.1, 0.15) is 0 Å². The zero-order valence-electron chi connectivity index (χ0n) is 15.3. The zero-order valence-corrected chi connectivity index (χ0v) is 15.3. The minimum absolute atomic E-state index is 0.232. The van der Waals surface area contributed by atoms with Gasteiger partial charge >= 0.3 is 0 Å². The fraction of sp³-hybridized carbons (Fsp3) is 0.136. The molecular formula is C22H20N4O2. The number of fused-ring (bicyclic) bond motifs is 1. The van der Waals surface area contributed by atoms with Gasteiger partial charge in [0.25, 0.3) is 11.8 Å². The number of nitrogens with two attached hydrogens (primary N) is 1. The number of pyridine rings is 1. The van der Waals surface area contributed by atoms with Crippen molar-refractivity contribution in [3.8, 4) is 0 Å². The fourth-order valence-corrected chi connectivity index (χ4v) is 3.43. The number of aromatic nitrogens is 1. The van der Waals surface area contributed by atoms with E-state index in [2.05, 4.69) is 4.98 Å². The van der Waals surface area contributed by atoms with Crippen molar-refractivity contribution in [3.63, 3.8) is 0 Å². The van der Waals surface area contributed by atoms with Crippen LogP contribution in [0.5, 0.6) is 0 Å². The Bertz CT molecular complexity index is 985. The van der Waals surface area contributed by atoms with Crippen molar-refractivity contribution >= 4 is 29.0 Å². The molecule has 0 atom stereocenters. The second-order valence-electron chi connectivity index (χ2n) is 6.56. The van der Waals surface area contributed by atoms with Crippen molar-refractivity contribution in [2.45, 2.75) is 6.42 Å². The van der Waals surface area contributed by atoms with Crippen LogP contribution >= 0.6 is 0 Å². The van der Waals surface area contributed by atoms with Crippen LogP contribution in [0.4, 0.5) is 17.2 Å². The van der Waals surface area contributed by atoms with E-state index in [1.165, 1.54) is 4.90 Å². The molecule has 0 radical (unpaired) electrons. The summed E-state index contributed by atoms with van der Waals surface area (Å²) in [5.41, 5.74) is 8.61. The largest absolute Gasteiger partial charge is 0.396 e. The third-order valence-corrected chi connectivity index (χ3v) is 4.78. The molecule has 2 amide bonds. The van der Waals surface area contributed by atoms with E-state index in [9.17, 15) is 9.59 Å². The van der Waals surface area contributed by atoms with Crippen LogP contribution in [0.2, 0.25) is 0 Å². The van der Waals surface area contributed by atoms with E-state index in [1.54, 1.807) is 36.5 Å². The Kier molecular flexibility index (Phi) is 4.76. The van der Waals surface area contributed by atoms with Crippen LogP contribution in [0.1, 0.15) is 27.1 Å². The van der Waals surface area contributed by atoms with Gasteiger partial charge in [-0.1, -0.05) is 30.3 Å². The molecule has 28 heavy (non-hydrogen) atoms. The van der Waals surface area contributed by atoms with Crippen molar-refractivity contribution < 1.29 is 9.59 Å². The highest BCUT2D eigenvalue weighted by atomic mass is 16.2. The number of benzene rings is 2. The van der Waals surface area contributed by atoms with Crippen LogP contribution < -0.4 is 10.6 Å². The highest BCUT2D eigenvalue weighted by molar-refractivity contribution is 6.21. The zero-order chi connectivity index (χ0) is 19.5. The molecule has 6 heteroatoms. The normalized spacial score (nSPS) is 12.9. The Labute approximate surface area is 163 Å². The van der Waals surface area contributed by atoms with Crippen LogP contribution in [0, 0.1) is 0 Å². The maximum Gasteiger partial charge on any atom is 0.261 e. The predicted molar refractivity (Wildman–Crippen MR) is 109 cm³/mol. The van der Waals surface area contributed by atoms with Gasteiger partial charge in [-0.25, -0.2) is 4.98 Å². The van der Waals surface area contributed by atoms with Crippen molar-refractivity contribution in [2.75, 3.05) is 23.7 Å². The smallest absolute Gasteiger partial charge is 0.261 e. The fourth-order valence-electron chi connectivity index (χ4n) is 3.43.